The Kier molecular flexibility index (Phi) is 5.52. The summed E-state index contributed by atoms with van der Waals surface area (Å²) in [5, 5.41) is 11.3. The Morgan fingerprint density at radius 2 is 1.92 bits per heavy atom. The zero-order valence-electron chi connectivity index (χ0n) is 20.7. The third-order valence-corrected chi connectivity index (χ3v) is 7.62. The maximum absolute atomic E-state index is 14.0. The summed E-state index contributed by atoms with van der Waals surface area (Å²) in [6.45, 7) is 3.58. The first-order chi connectivity index (χ1) is 18.2. The van der Waals surface area contributed by atoms with Crippen molar-refractivity contribution >= 4 is 43.3 Å². The molecule has 38 heavy (non-hydrogen) atoms. The van der Waals surface area contributed by atoms with E-state index in [2.05, 4.69) is 24.7 Å². The number of H-pyrrole nitrogens is 1. The van der Waals surface area contributed by atoms with Crippen LogP contribution in [0.2, 0.25) is 0 Å². The summed E-state index contributed by atoms with van der Waals surface area (Å²) in [6, 6.07) is 17.6. The largest absolute Gasteiger partial charge is 0.488 e. The Hall–Kier alpha value is -4.20. The Labute approximate surface area is 217 Å². The third-order valence-electron chi connectivity index (χ3n) is 7.23. The molecule has 0 radical (unpaired) electrons. The van der Waals surface area contributed by atoms with E-state index in [1.165, 1.54) is 12.1 Å². The van der Waals surface area contributed by atoms with Gasteiger partial charge in [-0.2, -0.15) is 13.7 Å². The smallest absolute Gasteiger partial charge is 0.358 e. The number of pyridine rings is 1. The van der Waals surface area contributed by atoms with Gasteiger partial charge in [-0.05, 0) is 66.6 Å². The Balaban J connectivity index is 1.68. The van der Waals surface area contributed by atoms with Gasteiger partial charge in [0.25, 0.3) is 0 Å². The van der Waals surface area contributed by atoms with Gasteiger partial charge < -0.3 is 18.6 Å². The molecule has 0 unspecified atom stereocenters. The number of nitrogens with zero attached hydrogens (tertiary/aromatic N) is 3. The van der Waals surface area contributed by atoms with Crippen LogP contribution < -0.4 is 9.61 Å². The maximum atomic E-state index is 14.0. The number of hydrogen-bond donors (Lipinski definition) is 1. The van der Waals surface area contributed by atoms with Crippen molar-refractivity contribution < 1.29 is 16.5 Å². The van der Waals surface area contributed by atoms with E-state index in [9.17, 15) is 22.4 Å². The first kappa shape index (κ1) is 24.2. The minimum atomic E-state index is -5.17. The fourth-order valence-electron chi connectivity index (χ4n) is 5.53. The van der Waals surface area contributed by atoms with Gasteiger partial charge in [-0.1, -0.05) is 29.0 Å². The molecule has 0 aliphatic carbocycles. The number of benzene rings is 3. The number of halogens is 1. The van der Waals surface area contributed by atoms with E-state index in [1.54, 1.807) is 24.3 Å². The van der Waals surface area contributed by atoms with Gasteiger partial charge in [0, 0.05) is 29.4 Å². The molecule has 2 aromatic heterocycles. The van der Waals surface area contributed by atoms with Crippen LogP contribution in [0.25, 0.3) is 44.0 Å². The van der Waals surface area contributed by atoms with E-state index in [0.717, 1.165) is 40.6 Å². The highest BCUT2D eigenvalue weighted by Gasteiger charge is 2.29. The molecule has 5 aromatic rings. The molecule has 1 aliphatic heterocycles. The fourth-order valence-corrected chi connectivity index (χ4v) is 5.87. The molecule has 10 heteroatoms. The van der Waals surface area contributed by atoms with Crippen LogP contribution in [0.15, 0.2) is 59.4 Å². The lowest BCUT2D eigenvalue weighted by Gasteiger charge is -2.39. The number of rotatable bonds is 5. The number of likely N-dealkylation sites (tertiary alicyclic amines) is 1. The summed E-state index contributed by atoms with van der Waals surface area (Å²) < 4.78 is 41.9. The van der Waals surface area contributed by atoms with E-state index in [-0.39, 0.29) is 17.2 Å². The highest BCUT2D eigenvalue weighted by molar-refractivity contribution is 7.81. The highest BCUT2D eigenvalue weighted by atomic mass is 32.3. The van der Waals surface area contributed by atoms with E-state index in [0.29, 0.717) is 34.0 Å². The second kappa shape index (κ2) is 8.68. The zero-order chi connectivity index (χ0) is 26.8. The van der Waals surface area contributed by atoms with Crippen molar-refractivity contribution in [1.29, 1.82) is 5.26 Å². The van der Waals surface area contributed by atoms with Gasteiger partial charge in [-0.15, -0.1) is 0 Å². The van der Waals surface area contributed by atoms with Gasteiger partial charge in [0.15, 0.2) is 5.43 Å². The van der Waals surface area contributed by atoms with Crippen molar-refractivity contribution in [3.63, 3.8) is 0 Å². The lowest BCUT2D eigenvalue weighted by molar-refractivity contribution is 0.146. The molecule has 8 nitrogen and oxygen atoms in total. The zero-order valence-corrected chi connectivity index (χ0v) is 21.5. The molecule has 6 rings (SSSR count). The summed E-state index contributed by atoms with van der Waals surface area (Å²) in [6.07, 6.45) is 0.612. The molecule has 0 amide bonds. The third kappa shape index (κ3) is 3.91. The summed E-state index contributed by atoms with van der Waals surface area (Å²) in [5.74, 6) is -0.135. The molecule has 0 saturated carbocycles. The topological polar surface area (TPSA) is 108 Å². The molecule has 1 saturated heterocycles. The molecular weight excluding hydrogens is 507 g/mol. The lowest BCUT2D eigenvalue weighted by atomic mass is 9.94. The molecule has 0 spiro atoms. The molecule has 3 aromatic carbocycles. The molecule has 0 atom stereocenters. The quantitative estimate of drug-likeness (QED) is 0.327. The van der Waals surface area contributed by atoms with Gasteiger partial charge in [0.2, 0.25) is 0 Å². The van der Waals surface area contributed by atoms with Crippen LogP contribution in [-0.2, 0) is 16.9 Å². The predicted octanol–water partition coefficient (Wildman–Crippen LogP) is 4.82. The van der Waals surface area contributed by atoms with E-state index < -0.39 is 10.5 Å². The fraction of sp³-hybridized carbons (Fsp3) is 0.214. The molecule has 0 bridgehead atoms. The van der Waals surface area contributed by atoms with Crippen LogP contribution in [0, 0.1) is 11.3 Å². The second-order valence-corrected chi connectivity index (χ2v) is 10.6. The van der Waals surface area contributed by atoms with E-state index in [1.807, 2.05) is 32.2 Å². The van der Waals surface area contributed by atoms with Crippen LogP contribution in [0.3, 0.4) is 0 Å². The van der Waals surface area contributed by atoms with Crippen LogP contribution in [0.4, 0.5) is 3.89 Å². The van der Waals surface area contributed by atoms with Gasteiger partial charge >= 0.3 is 10.5 Å². The van der Waals surface area contributed by atoms with Crippen LogP contribution in [-0.4, -0.2) is 43.0 Å². The maximum Gasteiger partial charge on any atom is 0.488 e. The number of hydrogen-bond acceptors (Lipinski definition) is 6. The first-order valence-electron chi connectivity index (χ1n) is 12.2. The second-order valence-electron chi connectivity index (χ2n) is 9.68. The predicted molar refractivity (Wildman–Crippen MR) is 144 cm³/mol. The van der Waals surface area contributed by atoms with E-state index >= 15 is 0 Å². The van der Waals surface area contributed by atoms with Gasteiger partial charge in [-0.25, -0.2) is 0 Å². The van der Waals surface area contributed by atoms with Crippen molar-refractivity contribution in [3.8, 4) is 22.9 Å². The molecule has 1 fully saturated rings. The monoisotopic (exact) mass is 530 g/mol. The number of likely N-dealkylation sites (N-methyl/N-ethyl adjacent to an activating group) is 1. The summed E-state index contributed by atoms with van der Waals surface area (Å²) in [5.41, 5.74) is 4.89. The van der Waals surface area contributed by atoms with Crippen LogP contribution in [0.1, 0.15) is 24.1 Å². The number of aromatic amines is 1. The van der Waals surface area contributed by atoms with Gasteiger partial charge in [0.05, 0.1) is 28.6 Å². The van der Waals surface area contributed by atoms with E-state index in [4.69, 9.17) is 0 Å². The van der Waals surface area contributed by atoms with Gasteiger partial charge in [-0.3, -0.25) is 4.79 Å². The van der Waals surface area contributed by atoms with Crippen molar-refractivity contribution in [1.82, 2.24) is 14.5 Å². The Morgan fingerprint density at radius 1 is 1.13 bits per heavy atom. The molecule has 3 heterocycles. The minimum Gasteiger partial charge on any atom is -0.358 e. The molecule has 192 valence electrons. The SMILES string of the molecule is CCc1cc2c(=O)c3c4ccc(C#N)cc4[nH]c3n(C3CN(C)C3)c2cc1-c1cccc(OS(=O)(=O)F)c1. The van der Waals surface area contributed by atoms with Crippen molar-refractivity contribution in [3.05, 3.63) is 75.9 Å². The van der Waals surface area contributed by atoms with Gasteiger partial charge in [0.1, 0.15) is 11.4 Å². The Bertz CT molecular complexity index is 1980. The highest BCUT2D eigenvalue weighted by Crippen LogP contribution is 2.36. The van der Waals surface area contributed by atoms with Crippen molar-refractivity contribution in [2.24, 2.45) is 0 Å². The van der Waals surface area contributed by atoms with Crippen molar-refractivity contribution in [2.45, 2.75) is 19.4 Å². The normalized spacial score (nSPS) is 14.7. The average Bonchev–Trinajstić information content (AvgIpc) is 3.24. The van der Waals surface area contributed by atoms with Crippen LogP contribution in [0.5, 0.6) is 5.75 Å². The molecular formula is C28H23FN4O4S. The summed E-state index contributed by atoms with van der Waals surface area (Å²) in [4.78, 5) is 19.5. The molecule has 1 aliphatic rings. The van der Waals surface area contributed by atoms with Crippen molar-refractivity contribution in [2.75, 3.05) is 20.1 Å². The molecule has 1 N–H and O–H groups in total. The number of aromatic nitrogens is 2. The number of aryl methyl sites for hydroxylation is 1. The minimum absolute atomic E-state index is 0.100. The average molecular weight is 531 g/mol. The lowest BCUT2D eigenvalue weighted by Crippen LogP contribution is -2.45. The standard InChI is InChI=1S/C28H23FN4O4S/c1-3-17-11-23-25(12-22(17)18-5-4-6-20(10-18)37-38(29,35)36)33(19-14-32(2)15-19)28-26(27(23)34)21-8-7-16(13-30)9-24(21)31-28/h4-12,19,31H,3,14-15H2,1-2H3. The Morgan fingerprint density at radius 3 is 2.61 bits per heavy atom. The number of nitriles is 1. The first-order valence-corrected chi connectivity index (χ1v) is 13.5. The number of fused-ring (bicyclic) bond motifs is 4. The number of nitrogens with one attached hydrogen (secondary N) is 1. The summed E-state index contributed by atoms with van der Waals surface area (Å²) in [7, 11) is -3.13. The van der Waals surface area contributed by atoms with Crippen LogP contribution >= 0.6 is 0 Å². The summed E-state index contributed by atoms with van der Waals surface area (Å²) >= 11 is 0.